The molecule has 0 atom stereocenters. The van der Waals surface area contributed by atoms with E-state index in [1.165, 1.54) is 51.0 Å². The number of nitrogens with one attached hydrogen (secondary N) is 2. The van der Waals surface area contributed by atoms with Gasteiger partial charge in [0.1, 0.15) is 0 Å². The summed E-state index contributed by atoms with van der Waals surface area (Å²) in [5.74, 6) is 0.960. The molecule has 0 bridgehead atoms. The third kappa shape index (κ3) is 6.91. The zero-order valence-electron chi connectivity index (χ0n) is 16.9. The van der Waals surface area contributed by atoms with Gasteiger partial charge in [0.2, 0.25) is 0 Å². The van der Waals surface area contributed by atoms with Crippen LogP contribution in [0.25, 0.3) is 0 Å². The van der Waals surface area contributed by atoms with Crippen LogP contribution in [0.15, 0.2) is 35.3 Å². The first kappa shape index (κ1) is 22.4. The Kier molecular flexibility index (Phi) is 9.32. The summed E-state index contributed by atoms with van der Waals surface area (Å²) in [5, 5.41) is 6.94. The lowest BCUT2D eigenvalue weighted by Gasteiger charge is -2.21. The van der Waals surface area contributed by atoms with E-state index < -0.39 is 0 Å². The van der Waals surface area contributed by atoms with E-state index >= 15 is 0 Å². The Labute approximate surface area is 182 Å². The van der Waals surface area contributed by atoms with Gasteiger partial charge in [-0.25, -0.2) is 0 Å². The van der Waals surface area contributed by atoms with Gasteiger partial charge in [0.05, 0.1) is 6.54 Å². The number of aliphatic imine (C=N–C) groups is 1. The first-order valence-corrected chi connectivity index (χ1v) is 10.2. The van der Waals surface area contributed by atoms with Gasteiger partial charge in [0.25, 0.3) is 0 Å². The molecule has 3 rings (SSSR count). The summed E-state index contributed by atoms with van der Waals surface area (Å²) >= 11 is 0. The molecule has 1 aliphatic heterocycles. The van der Waals surface area contributed by atoms with Gasteiger partial charge in [0.15, 0.2) is 5.96 Å². The fourth-order valence-electron chi connectivity index (χ4n) is 3.71. The Hall–Kier alpha value is -0.860. The van der Waals surface area contributed by atoms with Crippen molar-refractivity contribution >= 4 is 29.9 Å². The van der Waals surface area contributed by atoms with E-state index in [2.05, 4.69) is 64.7 Å². The maximum atomic E-state index is 4.90. The van der Waals surface area contributed by atoms with Gasteiger partial charge >= 0.3 is 0 Å². The molecule has 27 heavy (non-hydrogen) atoms. The molecule has 2 N–H and O–H groups in total. The normalized spacial score (nSPS) is 20.4. The minimum Gasteiger partial charge on any atom is -0.357 e. The number of hydrogen-bond donors (Lipinski definition) is 2. The van der Waals surface area contributed by atoms with Crippen LogP contribution >= 0.6 is 24.0 Å². The Morgan fingerprint density at radius 3 is 2.56 bits per heavy atom. The Balaban J connectivity index is 0.00000261. The molecular weight excluding hydrogens is 449 g/mol. The molecule has 0 unspecified atom stereocenters. The third-order valence-electron chi connectivity index (χ3n) is 5.66. The number of halogens is 1. The highest BCUT2D eigenvalue weighted by Crippen LogP contribution is 2.48. The van der Waals surface area contributed by atoms with Crippen LogP contribution in [0.1, 0.15) is 31.7 Å². The van der Waals surface area contributed by atoms with Crippen molar-refractivity contribution in [2.45, 2.75) is 31.6 Å². The number of guanidine groups is 1. The van der Waals surface area contributed by atoms with Crippen LogP contribution in [-0.2, 0) is 5.41 Å². The molecule has 2 aliphatic rings. The maximum Gasteiger partial charge on any atom is 0.191 e. The van der Waals surface area contributed by atoms with Crippen LogP contribution in [0.3, 0.4) is 0 Å². The maximum absolute atomic E-state index is 4.90. The fourth-order valence-corrected chi connectivity index (χ4v) is 3.71. The van der Waals surface area contributed by atoms with Crippen molar-refractivity contribution in [2.75, 3.05) is 59.4 Å². The molecule has 2 fully saturated rings. The number of benzene rings is 1. The lowest BCUT2D eigenvalue weighted by molar-refractivity contribution is 0.280. The summed E-state index contributed by atoms with van der Waals surface area (Å²) in [5.41, 5.74) is 1.71. The van der Waals surface area contributed by atoms with Crippen LogP contribution in [-0.4, -0.2) is 75.2 Å². The summed E-state index contributed by atoms with van der Waals surface area (Å²) in [6.45, 7) is 10.7. The fraction of sp³-hybridized carbons (Fsp3) is 0.667. The molecule has 0 amide bonds. The Bertz CT molecular complexity index is 573. The third-order valence-corrected chi connectivity index (χ3v) is 5.66. The van der Waals surface area contributed by atoms with Crippen LogP contribution in [0, 0.1) is 0 Å². The van der Waals surface area contributed by atoms with E-state index in [4.69, 9.17) is 4.99 Å². The lowest BCUT2D eigenvalue weighted by Crippen LogP contribution is -2.42. The zero-order valence-corrected chi connectivity index (χ0v) is 19.2. The summed E-state index contributed by atoms with van der Waals surface area (Å²) in [7, 11) is 2.22. The topological polar surface area (TPSA) is 42.9 Å². The number of likely N-dealkylation sites (N-methyl/N-ethyl adjacent to an activating group) is 1. The summed E-state index contributed by atoms with van der Waals surface area (Å²) in [6, 6.07) is 10.9. The second-order valence-electron chi connectivity index (χ2n) is 7.77. The molecule has 1 aliphatic carbocycles. The molecule has 152 valence electrons. The number of hydrogen-bond acceptors (Lipinski definition) is 3. The first-order valence-electron chi connectivity index (χ1n) is 10.2. The van der Waals surface area contributed by atoms with Crippen molar-refractivity contribution in [1.82, 2.24) is 20.4 Å². The van der Waals surface area contributed by atoms with Crippen molar-refractivity contribution in [3.8, 4) is 0 Å². The largest absolute Gasteiger partial charge is 0.357 e. The molecule has 0 aromatic heterocycles. The highest BCUT2D eigenvalue weighted by Gasteiger charge is 2.43. The predicted octanol–water partition coefficient (Wildman–Crippen LogP) is 2.53. The Morgan fingerprint density at radius 2 is 1.85 bits per heavy atom. The van der Waals surface area contributed by atoms with E-state index in [0.717, 1.165) is 32.1 Å². The molecule has 1 aromatic carbocycles. The van der Waals surface area contributed by atoms with E-state index in [-0.39, 0.29) is 29.4 Å². The number of rotatable bonds is 7. The van der Waals surface area contributed by atoms with Crippen LogP contribution in [0.5, 0.6) is 0 Å². The monoisotopic (exact) mass is 485 g/mol. The lowest BCUT2D eigenvalue weighted by atomic mass is 9.96. The van der Waals surface area contributed by atoms with E-state index in [1.54, 1.807) is 0 Å². The summed E-state index contributed by atoms with van der Waals surface area (Å²) in [4.78, 5) is 9.90. The standard InChI is InChI=1S/C21H35N5.HI/c1-3-22-20(23-12-15-26-14-7-13-25(2)16-17-26)24-18-21(10-11-21)19-8-5-4-6-9-19;/h4-6,8-9H,3,7,10-18H2,1-2H3,(H2,22,23,24);1H. The second-order valence-corrected chi connectivity index (χ2v) is 7.77. The van der Waals surface area contributed by atoms with E-state index in [9.17, 15) is 0 Å². The van der Waals surface area contributed by atoms with Gasteiger partial charge in [0, 0.05) is 38.1 Å². The molecule has 1 saturated heterocycles. The highest BCUT2D eigenvalue weighted by molar-refractivity contribution is 14.0. The van der Waals surface area contributed by atoms with Gasteiger partial charge in [-0.1, -0.05) is 30.3 Å². The van der Waals surface area contributed by atoms with E-state index in [0.29, 0.717) is 0 Å². The van der Waals surface area contributed by atoms with E-state index in [1.807, 2.05) is 0 Å². The van der Waals surface area contributed by atoms with Crippen molar-refractivity contribution in [1.29, 1.82) is 0 Å². The van der Waals surface area contributed by atoms with Crippen molar-refractivity contribution in [3.63, 3.8) is 0 Å². The summed E-state index contributed by atoms with van der Waals surface area (Å²) < 4.78 is 0. The average molecular weight is 485 g/mol. The average Bonchev–Trinajstić information content (AvgIpc) is 3.47. The molecule has 1 saturated carbocycles. The van der Waals surface area contributed by atoms with Crippen LogP contribution < -0.4 is 10.6 Å². The van der Waals surface area contributed by atoms with Crippen LogP contribution in [0.2, 0.25) is 0 Å². The molecule has 6 heteroatoms. The predicted molar refractivity (Wildman–Crippen MR) is 125 cm³/mol. The molecule has 0 spiro atoms. The quantitative estimate of drug-likeness (QED) is 0.354. The van der Waals surface area contributed by atoms with Gasteiger partial charge < -0.3 is 20.4 Å². The zero-order chi connectivity index (χ0) is 18.2. The molecule has 0 radical (unpaired) electrons. The SMILES string of the molecule is CCNC(=NCC1(c2ccccc2)CC1)NCCN1CCCN(C)CC1.I. The van der Waals surface area contributed by atoms with Crippen molar-refractivity contribution < 1.29 is 0 Å². The Morgan fingerprint density at radius 1 is 1.07 bits per heavy atom. The summed E-state index contributed by atoms with van der Waals surface area (Å²) in [6.07, 6.45) is 3.77. The minimum atomic E-state index is 0. The highest BCUT2D eigenvalue weighted by atomic mass is 127. The van der Waals surface area contributed by atoms with Crippen molar-refractivity contribution in [2.24, 2.45) is 4.99 Å². The minimum absolute atomic E-state index is 0. The van der Waals surface area contributed by atoms with Gasteiger partial charge in [-0.05, 0) is 51.9 Å². The molecule has 1 aromatic rings. The van der Waals surface area contributed by atoms with Crippen LogP contribution in [0.4, 0.5) is 0 Å². The molecule has 5 nitrogen and oxygen atoms in total. The van der Waals surface area contributed by atoms with Gasteiger partial charge in [-0.2, -0.15) is 0 Å². The smallest absolute Gasteiger partial charge is 0.191 e. The van der Waals surface area contributed by atoms with Gasteiger partial charge in [-0.15, -0.1) is 24.0 Å². The van der Waals surface area contributed by atoms with Gasteiger partial charge in [-0.3, -0.25) is 4.99 Å². The first-order chi connectivity index (χ1) is 12.7. The number of nitrogens with zero attached hydrogens (tertiary/aromatic N) is 3. The second kappa shape index (κ2) is 11.2. The van der Waals surface area contributed by atoms with Crippen molar-refractivity contribution in [3.05, 3.63) is 35.9 Å². The molecular formula is C21H36IN5. The molecule has 1 heterocycles.